The lowest BCUT2D eigenvalue weighted by Gasteiger charge is -2.09. The topological polar surface area (TPSA) is 73.7 Å². The van der Waals surface area contributed by atoms with E-state index in [0.29, 0.717) is 12.1 Å². The van der Waals surface area contributed by atoms with E-state index in [9.17, 15) is 0 Å². The molecule has 0 bridgehead atoms. The molecule has 3 heteroatoms. The summed E-state index contributed by atoms with van der Waals surface area (Å²) in [6.07, 6.45) is 0.661. The number of nitrogens with two attached hydrogens (primary N) is 1. The van der Waals surface area contributed by atoms with E-state index in [1.54, 1.807) is 0 Å². The van der Waals surface area contributed by atoms with Crippen molar-refractivity contribution in [1.29, 1.82) is 10.8 Å². The summed E-state index contributed by atoms with van der Waals surface area (Å²) in [4.78, 5) is 0. The van der Waals surface area contributed by atoms with Crippen LogP contribution in [0.5, 0.6) is 0 Å². The third-order valence-corrected chi connectivity index (χ3v) is 2.37. The van der Waals surface area contributed by atoms with E-state index in [4.69, 9.17) is 16.6 Å². The van der Waals surface area contributed by atoms with Crippen LogP contribution < -0.4 is 16.4 Å². The summed E-state index contributed by atoms with van der Waals surface area (Å²) in [7, 11) is 0. The number of benzene rings is 1. The molecule has 70 valence electrons. The predicted molar refractivity (Wildman–Crippen MR) is 54.2 cm³/mol. The maximum Gasteiger partial charge on any atom is 0.103 e. The van der Waals surface area contributed by atoms with Gasteiger partial charge in [-0.2, -0.15) is 0 Å². The molecule has 0 fully saturated rings. The first-order valence-electron chi connectivity index (χ1n) is 4.41. The van der Waals surface area contributed by atoms with E-state index in [1.165, 1.54) is 0 Å². The maximum atomic E-state index is 7.51. The Balaban J connectivity index is 2.30. The molecule has 0 atom stereocenters. The highest BCUT2D eigenvalue weighted by Crippen LogP contribution is 2.10. The zero-order chi connectivity index (χ0) is 10.1. The molecule has 0 aromatic heterocycles. The normalized spacial score (nSPS) is 10.6. The lowest BCUT2D eigenvalue weighted by atomic mass is 9.98. The van der Waals surface area contributed by atoms with Crippen LogP contribution in [0.25, 0.3) is 0 Å². The average molecular weight is 185 g/mol. The molecule has 2 aromatic rings. The fourth-order valence-electron chi connectivity index (χ4n) is 1.49. The van der Waals surface area contributed by atoms with Gasteiger partial charge in [0, 0.05) is 12.0 Å². The Labute approximate surface area is 81.5 Å². The fourth-order valence-corrected chi connectivity index (χ4v) is 1.49. The second-order valence-electron chi connectivity index (χ2n) is 3.30. The molecule has 4 N–H and O–H groups in total. The van der Waals surface area contributed by atoms with E-state index >= 15 is 0 Å². The minimum absolute atomic E-state index is 0.177. The summed E-state index contributed by atoms with van der Waals surface area (Å²) in [5.41, 5.74) is 8.01. The first-order valence-corrected chi connectivity index (χ1v) is 4.41. The number of nitrogens with one attached hydrogen (secondary N) is 2. The van der Waals surface area contributed by atoms with Crippen LogP contribution in [0.4, 0.5) is 5.69 Å². The maximum absolute atomic E-state index is 7.51. The van der Waals surface area contributed by atoms with Crippen molar-refractivity contribution in [2.24, 2.45) is 0 Å². The van der Waals surface area contributed by atoms with Crippen molar-refractivity contribution in [2.45, 2.75) is 6.42 Å². The summed E-state index contributed by atoms with van der Waals surface area (Å²) < 4.78 is 0. The van der Waals surface area contributed by atoms with Crippen LogP contribution in [0.15, 0.2) is 30.3 Å². The van der Waals surface area contributed by atoms with E-state index in [1.807, 2.05) is 30.3 Å². The van der Waals surface area contributed by atoms with Gasteiger partial charge in [-0.25, -0.2) is 0 Å². The molecule has 0 spiro atoms. The molecule has 0 aliphatic carbocycles. The highest BCUT2D eigenvalue weighted by molar-refractivity contribution is 5.52. The monoisotopic (exact) mass is 185 g/mol. The van der Waals surface area contributed by atoms with Crippen molar-refractivity contribution in [3.05, 3.63) is 52.2 Å². The van der Waals surface area contributed by atoms with Crippen LogP contribution in [0.3, 0.4) is 0 Å². The van der Waals surface area contributed by atoms with Crippen molar-refractivity contribution in [3.8, 4) is 0 Å². The van der Waals surface area contributed by atoms with Crippen molar-refractivity contribution in [2.75, 3.05) is 5.73 Å². The third-order valence-electron chi connectivity index (χ3n) is 2.37. The van der Waals surface area contributed by atoms with Gasteiger partial charge in [0.1, 0.15) is 5.36 Å². The average Bonchev–Trinajstić information content (AvgIpc) is 2.26. The Bertz CT molecular complexity index is 519. The number of hydrogen-bond donors (Lipinski definition) is 3. The molecular weight excluding hydrogens is 174 g/mol. The van der Waals surface area contributed by atoms with Gasteiger partial charge in [0.2, 0.25) is 0 Å². The van der Waals surface area contributed by atoms with Crippen LogP contribution >= 0.6 is 0 Å². The summed E-state index contributed by atoms with van der Waals surface area (Å²) in [6, 6.07) is 9.86. The Morgan fingerprint density at radius 3 is 2.21 bits per heavy atom. The molecule has 0 unspecified atom stereocenters. The van der Waals surface area contributed by atoms with Crippen molar-refractivity contribution >= 4 is 5.69 Å². The Kier molecular flexibility index (Phi) is 1.93. The molecule has 0 saturated heterocycles. The van der Waals surface area contributed by atoms with Crippen LogP contribution in [-0.2, 0) is 6.42 Å². The SMILES string of the molecule is N=c1c(N)c(Cc2ccccc2)c1=N. The number of rotatable bonds is 2. The Morgan fingerprint density at radius 1 is 1.00 bits per heavy atom. The van der Waals surface area contributed by atoms with Gasteiger partial charge in [-0.3, -0.25) is 10.8 Å². The van der Waals surface area contributed by atoms with Crippen LogP contribution in [0, 0.1) is 10.8 Å². The van der Waals surface area contributed by atoms with Crippen molar-refractivity contribution < 1.29 is 0 Å². The first kappa shape index (κ1) is 8.69. The van der Waals surface area contributed by atoms with E-state index in [-0.39, 0.29) is 10.7 Å². The minimum atomic E-state index is 0.177. The number of nitrogen functional groups attached to an aromatic ring is 1. The molecule has 0 aliphatic rings. The van der Waals surface area contributed by atoms with Crippen LogP contribution in [-0.4, -0.2) is 0 Å². The zero-order valence-electron chi connectivity index (χ0n) is 7.67. The molecule has 0 saturated carbocycles. The Hall–Kier alpha value is -1.90. The molecular formula is C11H11N3. The minimum Gasteiger partial charge on any atom is -0.397 e. The van der Waals surface area contributed by atoms with Crippen molar-refractivity contribution in [1.82, 2.24) is 0 Å². The standard InChI is InChI=1S/C11H11N3/c12-9-8(10(13)11(9)14)6-7-4-2-1-3-5-7/h1-5,12,14H,6,13H2. The first-order chi connectivity index (χ1) is 6.70. The number of hydrogen-bond acceptors (Lipinski definition) is 3. The lowest BCUT2D eigenvalue weighted by molar-refractivity contribution is 1.01. The smallest absolute Gasteiger partial charge is 0.103 e. The van der Waals surface area contributed by atoms with Gasteiger partial charge in [0.05, 0.1) is 11.0 Å². The van der Waals surface area contributed by atoms with Gasteiger partial charge >= 0.3 is 0 Å². The van der Waals surface area contributed by atoms with Gasteiger partial charge in [-0.15, -0.1) is 0 Å². The van der Waals surface area contributed by atoms with Gasteiger partial charge in [-0.1, -0.05) is 30.3 Å². The quantitative estimate of drug-likeness (QED) is 0.632. The summed E-state index contributed by atoms with van der Waals surface area (Å²) in [6.45, 7) is 0. The van der Waals surface area contributed by atoms with Gasteiger partial charge in [-0.05, 0) is 5.56 Å². The van der Waals surface area contributed by atoms with Crippen LogP contribution in [0.1, 0.15) is 11.1 Å². The largest absolute Gasteiger partial charge is 0.397 e. The zero-order valence-corrected chi connectivity index (χ0v) is 7.67. The molecule has 0 heterocycles. The molecule has 0 amide bonds. The fraction of sp³-hybridized carbons (Fsp3) is 0.0909. The lowest BCUT2D eigenvalue weighted by Crippen LogP contribution is -2.38. The molecule has 2 rings (SSSR count). The van der Waals surface area contributed by atoms with Crippen molar-refractivity contribution in [3.63, 3.8) is 0 Å². The van der Waals surface area contributed by atoms with Crippen LogP contribution in [0.2, 0.25) is 0 Å². The van der Waals surface area contributed by atoms with Gasteiger partial charge < -0.3 is 5.73 Å². The highest BCUT2D eigenvalue weighted by atomic mass is 14.6. The van der Waals surface area contributed by atoms with Gasteiger partial charge in [0.15, 0.2) is 0 Å². The molecule has 2 aromatic carbocycles. The highest BCUT2D eigenvalue weighted by Gasteiger charge is 2.11. The molecule has 0 radical (unpaired) electrons. The summed E-state index contributed by atoms with van der Waals surface area (Å²) >= 11 is 0. The second-order valence-corrected chi connectivity index (χ2v) is 3.30. The number of anilines is 1. The van der Waals surface area contributed by atoms with E-state index in [0.717, 1.165) is 11.1 Å². The summed E-state index contributed by atoms with van der Waals surface area (Å²) in [5, 5.41) is 15.3. The molecule has 0 aliphatic heterocycles. The van der Waals surface area contributed by atoms with E-state index in [2.05, 4.69) is 0 Å². The predicted octanol–water partition coefficient (Wildman–Crippen LogP) is 0.694. The van der Waals surface area contributed by atoms with E-state index < -0.39 is 0 Å². The van der Waals surface area contributed by atoms with Gasteiger partial charge in [0.25, 0.3) is 0 Å². The second kappa shape index (κ2) is 3.10. The third kappa shape index (κ3) is 1.23. The molecule has 3 nitrogen and oxygen atoms in total. The molecule has 14 heavy (non-hydrogen) atoms. The Morgan fingerprint density at radius 2 is 1.64 bits per heavy atom. The summed E-state index contributed by atoms with van der Waals surface area (Å²) in [5.74, 6) is 0.